The van der Waals surface area contributed by atoms with Crippen LogP contribution in [-0.2, 0) is 13.0 Å². The van der Waals surface area contributed by atoms with Gasteiger partial charge in [0.15, 0.2) is 5.82 Å². The Morgan fingerprint density at radius 1 is 0.958 bits per heavy atom. The Morgan fingerprint density at radius 3 is 2.42 bits per heavy atom. The van der Waals surface area contributed by atoms with E-state index in [-0.39, 0.29) is 0 Å². The van der Waals surface area contributed by atoms with Crippen molar-refractivity contribution < 1.29 is 0 Å². The van der Waals surface area contributed by atoms with E-state index in [9.17, 15) is 0 Å². The van der Waals surface area contributed by atoms with E-state index in [0.29, 0.717) is 0 Å². The average Bonchev–Trinajstić information content (AvgIpc) is 2.94. The smallest absolute Gasteiger partial charge is 0.150 e. The van der Waals surface area contributed by atoms with Crippen LogP contribution in [0.25, 0.3) is 11.1 Å². The summed E-state index contributed by atoms with van der Waals surface area (Å²) in [6.07, 6.45) is 3.29. The number of rotatable bonds is 6. The Bertz CT molecular complexity index is 800. The molecular weight excluding hydrogens is 294 g/mol. The van der Waals surface area contributed by atoms with Crippen LogP contribution in [0.15, 0.2) is 48.5 Å². The Balaban J connectivity index is 1.75. The summed E-state index contributed by atoms with van der Waals surface area (Å²) in [6.45, 7) is 7.16. The van der Waals surface area contributed by atoms with E-state index in [4.69, 9.17) is 0 Å². The molecule has 1 aromatic heterocycles. The van der Waals surface area contributed by atoms with Crippen LogP contribution < -0.4 is 0 Å². The van der Waals surface area contributed by atoms with Gasteiger partial charge in [0.05, 0.1) is 6.54 Å². The summed E-state index contributed by atoms with van der Waals surface area (Å²) in [7, 11) is 0. The average molecular weight is 319 g/mol. The second-order valence-electron chi connectivity index (χ2n) is 6.35. The molecule has 3 rings (SSSR count). The Kier molecular flexibility index (Phi) is 5.09. The van der Waals surface area contributed by atoms with Gasteiger partial charge in [0.25, 0.3) is 0 Å². The van der Waals surface area contributed by atoms with Crippen LogP contribution in [0.1, 0.15) is 42.5 Å². The highest BCUT2D eigenvalue weighted by Gasteiger charge is 2.07. The highest BCUT2D eigenvalue weighted by atomic mass is 15.3. The van der Waals surface area contributed by atoms with Gasteiger partial charge in [-0.15, -0.1) is 0 Å². The van der Waals surface area contributed by atoms with Crippen LogP contribution in [0.2, 0.25) is 0 Å². The molecule has 24 heavy (non-hydrogen) atoms. The van der Waals surface area contributed by atoms with Gasteiger partial charge in [-0.05, 0) is 42.5 Å². The van der Waals surface area contributed by atoms with Crippen LogP contribution in [0.3, 0.4) is 0 Å². The van der Waals surface area contributed by atoms with Crippen molar-refractivity contribution in [3.63, 3.8) is 0 Å². The van der Waals surface area contributed by atoms with Crippen molar-refractivity contribution in [2.24, 2.45) is 0 Å². The highest BCUT2D eigenvalue weighted by Crippen LogP contribution is 2.23. The third-order valence-electron chi connectivity index (χ3n) is 4.40. The van der Waals surface area contributed by atoms with Crippen molar-refractivity contribution in [2.75, 3.05) is 0 Å². The first kappa shape index (κ1) is 16.4. The lowest BCUT2D eigenvalue weighted by molar-refractivity contribution is 0.644. The molecule has 0 unspecified atom stereocenters. The fourth-order valence-electron chi connectivity index (χ4n) is 2.93. The van der Waals surface area contributed by atoms with Crippen molar-refractivity contribution >= 4 is 0 Å². The number of unbranched alkanes of at least 4 members (excludes halogenated alkanes) is 1. The number of hydrogen-bond acceptors (Lipinski definition) is 2. The summed E-state index contributed by atoms with van der Waals surface area (Å²) in [5.74, 6) is 1.95. The molecule has 3 nitrogen and oxygen atoms in total. The summed E-state index contributed by atoms with van der Waals surface area (Å²) in [5, 5.41) is 4.64. The van der Waals surface area contributed by atoms with E-state index < -0.39 is 0 Å². The van der Waals surface area contributed by atoms with E-state index in [1.807, 2.05) is 11.6 Å². The summed E-state index contributed by atoms with van der Waals surface area (Å²) < 4.78 is 2.01. The first-order valence-electron chi connectivity index (χ1n) is 8.72. The maximum Gasteiger partial charge on any atom is 0.150 e. The third kappa shape index (κ3) is 3.73. The predicted molar refractivity (Wildman–Crippen MR) is 99.1 cm³/mol. The molecule has 1 heterocycles. The number of aromatic nitrogens is 3. The third-order valence-corrected chi connectivity index (χ3v) is 4.40. The van der Waals surface area contributed by atoms with Crippen molar-refractivity contribution in [3.05, 3.63) is 71.3 Å². The molecule has 0 radical (unpaired) electrons. The van der Waals surface area contributed by atoms with Gasteiger partial charge in [0.1, 0.15) is 5.82 Å². The zero-order valence-electron chi connectivity index (χ0n) is 14.8. The molecule has 0 saturated carbocycles. The van der Waals surface area contributed by atoms with E-state index in [2.05, 4.69) is 72.5 Å². The first-order chi connectivity index (χ1) is 11.7. The quantitative estimate of drug-likeness (QED) is 0.643. The number of aryl methyl sites for hydroxylation is 3. The zero-order valence-corrected chi connectivity index (χ0v) is 14.8. The molecule has 0 fully saturated rings. The normalized spacial score (nSPS) is 11.0. The van der Waals surface area contributed by atoms with Gasteiger partial charge < -0.3 is 0 Å². The molecule has 0 bridgehead atoms. The molecule has 0 atom stereocenters. The number of benzene rings is 2. The van der Waals surface area contributed by atoms with Crippen molar-refractivity contribution in [1.29, 1.82) is 0 Å². The number of nitrogens with zero attached hydrogens (tertiary/aromatic N) is 3. The van der Waals surface area contributed by atoms with Gasteiger partial charge in [-0.2, -0.15) is 5.10 Å². The van der Waals surface area contributed by atoms with E-state index in [0.717, 1.165) is 31.0 Å². The lowest BCUT2D eigenvalue weighted by Crippen LogP contribution is -2.04. The van der Waals surface area contributed by atoms with Gasteiger partial charge in [-0.25, -0.2) is 9.67 Å². The van der Waals surface area contributed by atoms with E-state index in [1.165, 1.54) is 28.7 Å². The Labute approximate surface area is 144 Å². The maximum absolute atomic E-state index is 4.64. The minimum Gasteiger partial charge on any atom is -0.246 e. The molecule has 3 aromatic rings. The van der Waals surface area contributed by atoms with Crippen LogP contribution in [0.5, 0.6) is 0 Å². The van der Waals surface area contributed by atoms with Gasteiger partial charge in [0, 0.05) is 6.42 Å². The molecule has 124 valence electrons. The molecule has 0 spiro atoms. The summed E-state index contributed by atoms with van der Waals surface area (Å²) >= 11 is 0. The summed E-state index contributed by atoms with van der Waals surface area (Å²) in [4.78, 5) is 4.57. The Morgan fingerprint density at radius 2 is 1.71 bits per heavy atom. The molecule has 0 aliphatic heterocycles. The fourth-order valence-corrected chi connectivity index (χ4v) is 2.93. The van der Waals surface area contributed by atoms with Crippen molar-refractivity contribution in [1.82, 2.24) is 14.8 Å². The molecule has 3 heteroatoms. The topological polar surface area (TPSA) is 30.7 Å². The largest absolute Gasteiger partial charge is 0.246 e. The van der Waals surface area contributed by atoms with Crippen LogP contribution in [-0.4, -0.2) is 14.8 Å². The summed E-state index contributed by atoms with van der Waals surface area (Å²) in [6, 6.07) is 17.3. The number of hydrogen-bond donors (Lipinski definition) is 0. The molecule has 0 aliphatic rings. The maximum atomic E-state index is 4.64. The fraction of sp³-hybridized carbons (Fsp3) is 0.333. The second kappa shape index (κ2) is 7.43. The van der Waals surface area contributed by atoms with Crippen molar-refractivity contribution in [2.45, 2.75) is 46.6 Å². The molecule has 2 aromatic carbocycles. The lowest BCUT2D eigenvalue weighted by Gasteiger charge is -2.08. The minimum absolute atomic E-state index is 0.777. The van der Waals surface area contributed by atoms with Gasteiger partial charge in [0.2, 0.25) is 0 Å². The highest BCUT2D eigenvalue weighted by molar-refractivity contribution is 5.67. The molecule has 0 amide bonds. The second-order valence-corrected chi connectivity index (χ2v) is 6.35. The molecule has 0 N–H and O–H groups in total. The monoisotopic (exact) mass is 319 g/mol. The van der Waals surface area contributed by atoms with Gasteiger partial charge >= 0.3 is 0 Å². The van der Waals surface area contributed by atoms with Crippen molar-refractivity contribution in [3.8, 4) is 11.1 Å². The van der Waals surface area contributed by atoms with Gasteiger partial charge in [-0.3, -0.25) is 0 Å². The van der Waals surface area contributed by atoms with Crippen LogP contribution in [0.4, 0.5) is 0 Å². The minimum atomic E-state index is 0.777. The summed E-state index contributed by atoms with van der Waals surface area (Å²) in [5.41, 5.74) is 5.11. The standard InChI is InChI=1S/C21H25N3/c1-4-5-10-21-22-17(3)24(23-21)15-18-11-13-19(14-12-18)20-9-7-6-8-16(20)2/h6-9,11-14H,4-5,10,15H2,1-3H3. The van der Waals surface area contributed by atoms with Gasteiger partial charge in [-0.1, -0.05) is 61.9 Å². The SMILES string of the molecule is CCCCc1nc(C)n(Cc2ccc(-c3ccccc3C)cc2)n1. The first-order valence-corrected chi connectivity index (χ1v) is 8.72. The van der Waals surface area contributed by atoms with E-state index in [1.54, 1.807) is 0 Å². The van der Waals surface area contributed by atoms with Crippen LogP contribution in [0, 0.1) is 13.8 Å². The zero-order chi connectivity index (χ0) is 16.9. The molecular formula is C21H25N3. The predicted octanol–water partition coefficient (Wildman–Crippen LogP) is 4.95. The molecule has 0 saturated heterocycles. The Hall–Kier alpha value is -2.42. The van der Waals surface area contributed by atoms with E-state index >= 15 is 0 Å². The van der Waals surface area contributed by atoms with Crippen LogP contribution >= 0.6 is 0 Å². The lowest BCUT2D eigenvalue weighted by atomic mass is 10.00. The molecule has 0 aliphatic carbocycles.